The van der Waals surface area contributed by atoms with E-state index in [2.05, 4.69) is 25.7 Å². The lowest BCUT2D eigenvalue weighted by Crippen LogP contribution is -2.07. The van der Waals surface area contributed by atoms with Crippen LogP contribution in [0.5, 0.6) is 0 Å². The number of halogens is 4. The summed E-state index contributed by atoms with van der Waals surface area (Å²) in [6.45, 7) is 0. The van der Waals surface area contributed by atoms with Crippen LogP contribution < -0.4 is 0 Å². The number of alkyl halides is 2. The quantitative estimate of drug-likeness (QED) is 0.805. The molecule has 1 rings (SSSR count). The number of esters is 1. The topological polar surface area (TPSA) is 39.2 Å². The molecule has 1 heterocycles. The number of nitrogens with zero attached hydrogens (tertiary/aromatic N) is 1. The number of aromatic nitrogens is 1. The lowest BCUT2D eigenvalue weighted by molar-refractivity contribution is -0.139. The van der Waals surface area contributed by atoms with Crippen LogP contribution in [0.25, 0.3) is 0 Å². The molecule has 88 valence electrons. The summed E-state index contributed by atoms with van der Waals surface area (Å²) in [5, 5.41) is 0.140. The van der Waals surface area contributed by atoms with E-state index >= 15 is 0 Å². The first-order chi connectivity index (χ1) is 7.47. The van der Waals surface area contributed by atoms with Gasteiger partial charge in [-0.3, -0.25) is 9.78 Å². The summed E-state index contributed by atoms with van der Waals surface area (Å²) in [5.41, 5.74) is -0.192. The van der Waals surface area contributed by atoms with Gasteiger partial charge >= 0.3 is 5.97 Å². The van der Waals surface area contributed by atoms with E-state index in [9.17, 15) is 13.6 Å². The van der Waals surface area contributed by atoms with Gasteiger partial charge in [0, 0.05) is 6.20 Å². The highest BCUT2D eigenvalue weighted by Crippen LogP contribution is 2.32. The maximum absolute atomic E-state index is 12.5. The van der Waals surface area contributed by atoms with E-state index in [4.69, 9.17) is 11.6 Å². The number of ether oxygens (including phenoxy) is 1. The molecule has 0 N–H and O–H groups in total. The summed E-state index contributed by atoms with van der Waals surface area (Å²) in [5.74, 6) is -0.561. The summed E-state index contributed by atoms with van der Waals surface area (Å²) < 4.78 is 29.5. The molecule has 0 amide bonds. The van der Waals surface area contributed by atoms with Crippen LogP contribution in [0.2, 0.25) is 5.02 Å². The molecule has 0 atom stereocenters. The van der Waals surface area contributed by atoms with Crippen molar-refractivity contribution >= 4 is 33.5 Å². The monoisotopic (exact) mass is 313 g/mol. The van der Waals surface area contributed by atoms with Gasteiger partial charge in [0.05, 0.1) is 23.0 Å². The predicted octanol–water partition coefficient (Wildman–Crippen LogP) is 3.15. The van der Waals surface area contributed by atoms with E-state index < -0.39 is 18.1 Å². The average Bonchev–Trinajstić information content (AvgIpc) is 2.23. The van der Waals surface area contributed by atoms with Gasteiger partial charge in [-0.25, -0.2) is 8.78 Å². The molecule has 3 nitrogen and oxygen atoms in total. The minimum absolute atomic E-state index is 0.0420. The van der Waals surface area contributed by atoms with E-state index in [1.165, 1.54) is 7.11 Å². The summed E-state index contributed by atoms with van der Waals surface area (Å²) in [7, 11) is 1.21. The Balaban J connectivity index is 3.16. The van der Waals surface area contributed by atoms with Crippen LogP contribution in [-0.4, -0.2) is 18.1 Å². The maximum atomic E-state index is 12.5. The Morgan fingerprint density at radius 2 is 2.31 bits per heavy atom. The second-order valence-electron chi connectivity index (χ2n) is 2.84. The van der Waals surface area contributed by atoms with Crippen molar-refractivity contribution in [1.29, 1.82) is 0 Å². The molecule has 0 aliphatic heterocycles. The van der Waals surface area contributed by atoms with Gasteiger partial charge < -0.3 is 4.74 Å². The third kappa shape index (κ3) is 2.89. The van der Waals surface area contributed by atoms with Gasteiger partial charge in [-0.05, 0) is 21.5 Å². The third-order valence-electron chi connectivity index (χ3n) is 1.85. The molecule has 0 saturated heterocycles. The Morgan fingerprint density at radius 1 is 1.69 bits per heavy atom. The molecule has 1 aromatic rings. The molecule has 1 aromatic heterocycles. The fourth-order valence-corrected chi connectivity index (χ4v) is 2.00. The second-order valence-corrected chi connectivity index (χ2v) is 4.04. The lowest BCUT2D eigenvalue weighted by Gasteiger charge is -2.09. The normalized spacial score (nSPS) is 10.6. The minimum Gasteiger partial charge on any atom is -0.469 e. The molecular formula is C9H7BrClF2NO2. The van der Waals surface area contributed by atoms with E-state index in [-0.39, 0.29) is 21.5 Å². The zero-order chi connectivity index (χ0) is 12.3. The van der Waals surface area contributed by atoms with Crippen molar-refractivity contribution < 1.29 is 18.3 Å². The van der Waals surface area contributed by atoms with Gasteiger partial charge in [0.2, 0.25) is 0 Å². The van der Waals surface area contributed by atoms with E-state index in [0.717, 1.165) is 6.20 Å². The molecule has 0 aliphatic rings. The number of hydrogen-bond donors (Lipinski definition) is 0. The highest BCUT2D eigenvalue weighted by Gasteiger charge is 2.20. The number of rotatable bonds is 3. The summed E-state index contributed by atoms with van der Waals surface area (Å²) in [6, 6.07) is 0. The van der Waals surface area contributed by atoms with Crippen molar-refractivity contribution in [2.45, 2.75) is 12.8 Å². The van der Waals surface area contributed by atoms with Crippen molar-refractivity contribution in [2.75, 3.05) is 7.11 Å². The van der Waals surface area contributed by atoms with Crippen LogP contribution >= 0.6 is 27.5 Å². The van der Waals surface area contributed by atoms with Crippen molar-refractivity contribution in [1.82, 2.24) is 4.98 Å². The van der Waals surface area contributed by atoms with E-state index in [1.54, 1.807) is 0 Å². The molecule has 0 unspecified atom stereocenters. The molecule has 0 radical (unpaired) electrons. The van der Waals surface area contributed by atoms with Crippen LogP contribution in [0.3, 0.4) is 0 Å². The van der Waals surface area contributed by atoms with Crippen molar-refractivity contribution in [3.8, 4) is 0 Å². The standard InChI is InChI=1S/C9H7BrClF2NO2/c1-16-6(15)2-4-5(11)3-14-8(7(4)10)9(12)13/h3,9H,2H2,1H3. The zero-order valence-corrected chi connectivity index (χ0v) is 10.5. The summed E-state index contributed by atoms with van der Waals surface area (Å²) >= 11 is 8.72. The predicted molar refractivity (Wildman–Crippen MR) is 57.6 cm³/mol. The average molecular weight is 315 g/mol. The van der Waals surface area contributed by atoms with Gasteiger partial charge in [-0.15, -0.1) is 0 Å². The minimum atomic E-state index is -2.73. The molecule has 0 spiro atoms. The van der Waals surface area contributed by atoms with Gasteiger partial charge in [0.1, 0.15) is 5.69 Å². The zero-order valence-electron chi connectivity index (χ0n) is 8.14. The molecule has 0 fully saturated rings. The SMILES string of the molecule is COC(=O)Cc1c(Cl)cnc(C(F)F)c1Br. The number of hydrogen-bond acceptors (Lipinski definition) is 3. The molecule has 16 heavy (non-hydrogen) atoms. The van der Waals surface area contributed by atoms with Gasteiger partial charge in [0.25, 0.3) is 6.43 Å². The first-order valence-electron chi connectivity index (χ1n) is 4.15. The number of carbonyl (C=O) groups is 1. The Hall–Kier alpha value is -0.750. The van der Waals surface area contributed by atoms with Crippen molar-refractivity contribution in [3.63, 3.8) is 0 Å². The van der Waals surface area contributed by atoms with Crippen molar-refractivity contribution in [3.05, 3.63) is 26.9 Å². The van der Waals surface area contributed by atoms with Crippen LogP contribution in [0.4, 0.5) is 8.78 Å². The van der Waals surface area contributed by atoms with Gasteiger partial charge in [0.15, 0.2) is 0 Å². The van der Waals surface area contributed by atoms with Crippen molar-refractivity contribution in [2.24, 2.45) is 0 Å². The highest BCUT2D eigenvalue weighted by atomic mass is 79.9. The highest BCUT2D eigenvalue weighted by molar-refractivity contribution is 9.10. The number of methoxy groups -OCH3 is 1. The first-order valence-corrected chi connectivity index (χ1v) is 5.32. The van der Waals surface area contributed by atoms with Crippen LogP contribution in [0.15, 0.2) is 10.7 Å². The molecular weight excluding hydrogens is 307 g/mol. The Kier molecular flexibility index (Phi) is 4.61. The molecule has 0 aliphatic carbocycles. The largest absolute Gasteiger partial charge is 0.469 e. The first kappa shape index (κ1) is 13.3. The molecule has 0 bridgehead atoms. The van der Waals surface area contributed by atoms with Crippen LogP contribution in [0.1, 0.15) is 17.7 Å². The maximum Gasteiger partial charge on any atom is 0.310 e. The molecule has 7 heteroatoms. The Labute approximate surface area is 104 Å². The molecule has 0 aromatic carbocycles. The van der Waals surface area contributed by atoms with Crippen LogP contribution in [0, 0.1) is 0 Å². The summed E-state index contributed by atoms with van der Waals surface area (Å²) in [6.07, 6.45) is -1.83. The van der Waals surface area contributed by atoms with Gasteiger partial charge in [-0.1, -0.05) is 11.6 Å². The third-order valence-corrected chi connectivity index (χ3v) is 3.06. The fraction of sp³-hybridized carbons (Fsp3) is 0.333. The molecule has 0 saturated carbocycles. The fourth-order valence-electron chi connectivity index (χ4n) is 1.05. The van der Waals surface area contributed by atoms with Crippen LogP contribution in [-0.2, 0) is 16.0 Å². The smallest absolute Gasteiger partial charge is 0.310 e. The summed E-state index contributed by atoms with van der Waals surface area (Å²) in [4.78, 5) is 14.5. The van der Waals surface area contributed by atoms with E-state index in [1.807, 2.05) is 0 Å². The number of carbonyl (C=O) groups excluding carboxylic acids is 1. The Morgan fingerprint density at radius 3 is 2.81 bits per heavy atom. The van der Waals surface area contributed by atoms with E-state index in [0.29, 0.717) is 0 Å². The van der Waals surface area contributed by atoms with Gasteiger partial charge in [-0.2, -0.15) is 0 Å². The number of pyridine rings is 1. The lowest BCUT2D eigenvalue weighted by atomic mass is 10.1. The second kappa shape index (κ2) is 5.54. The Bertz CT molecular complexity index is 415.